The first-order chi connectivity index (χ1) is 8.65. The van der Waals surface area contributed by atoms with Gasteiger partial charge in [0.05, 0.1) is 0 Å². The number of hydrogen-bond donors (Lipinski definition) is 0. The Kier molecular flexibility index (Phi) is 4.19. The molecular formula is C17H21P. The smallest absolute Gasteiger partial charge is 0.0177 e. The first kappa shape index (κ1) is 13.3. The lowest BCUT2D eigenvalue weighted by Crippen LogP contribution is -2.25. The van der Waals surface area contributed by atoms with Crippen LogP contribution in [0, 0.1) is 0 Å². The van der Waals surface area contributed by atoms with E-state index in [4.69, 9.17) is 0 Å². The van der Waals surface area contributed by atoms with Crippen LogP contribution in [0.4, 0.5) is 0 Å². The van der Waals surface area contributed by atoms with Gasteiger partial charge in [-0.05, 0) is 22.9 Å². The van der Waals surface area contributed by atoms with Crippen molar-refractivity contribution in [2.45, 2.75) is 24.9 Å². The highest BCUT2D eigenvalue weighted by molar-refractivity contribution is 7.39. The maximum Gasteiger partial charge on any atom is 0.0177 e. The Balaban J connectivity index is 2.49. The summed E-state index contributed by atoms with van der Waals surface area (Å²) in [5, 5.41) is 0.294. The lowest BCUT2D eigenvalue weighted by molar-refractivity contribution is 0.612. The van der Waals surface area contributed by atoms with E-state index in [1.165, 1.54) is 11.1 Å². The highest BCUT2D eigenvalue weighted by Gasteiger charge is 2.30. The topological polar surface area (TPSA) is 0 Å². The largest absolute Gasteiger partial charge is 0.118 e. The van der Waals surface area contributed by atoms with Gasteiger partial charge in [-0.1, -0.05) is 74.5 Å². The molecule has 0 radical (unpaired) electrons. The molecule has 0 aromatic heterocycles. The Morgan fingerprint density at radius 2 is 1.17 bits per heavy atom. The van der Waals surface area contributed by atoms with Crippen LogP contribution in [-0.2, 0) is 0 Å². The molecule has 0 heterocycles. The highest BCUT2D eigenvalue weighted by atomic mass is 31.1. The molecule has 2 rings (SSSR count). The van der Waals surface area contributed by atoms with Crippen molar-refractivity contribution in [2.75, 3.05) is 6.66 Å². The molecule has 0 saturated heterocycles. The molecule has 1 atom stereocenters. The van der Waals surface area contributed by atoms with Crippen LogP contribution >= 0.6 is 8.58 Å². The predicted molar refractivity (Wildman–Crippen MR) is 83.0 cm³/mol. The molecule has 1 unspecified atom stereocenters. The monoisotopic (exact) mass is 256 g/mol. The Morgan fingerprint density at radius 3 is 1.50 bits per heavy atom. The zero-order chi connectivity index (χ0) is 13.0. The second-order valence-corrected chi connectivity index (χ2v) is 7.01. The van der Waals surface area contributed by atoms with Crippen molar-refractivity contribution in [3.63, 3.8) is 0 Å². The zero-order valence-electron chi connectivity index (χ0n) is 11.4. The second kappa shape index (κ2) is 5.67. The predicted octanol–water partition coefficient (Wildman–Crippen LogP) is 4.91. The van der Waals surface area contributed by atoms with E-state index in [0.717, 1.165) is 8.58 Å². The minimum atomic E-state index is 0.294. The molecule has 0 aliphatic rings. The van der Waals surface area contributed by atoms with Gasteiger partial charge in [-0.2, -0.15) is 0 Å². The fourth-order valence-corrected chi connectivity index (χ4v) is 3.08. The molecule has 0 nitrogen and oxygen atoms in total. The van der Waals surface area contributed by atoms with Crippen LogP contribution in [-0.4, -0.2) is 11.8 Å². The molecule has 0 aliphatic carbocycles. The first-order valence-corrected chi connectivity index (χ1v) is 7.94. The average Bonchev–Trinajstić information content (AvgIpc) is 2.41. The van der Waals surface area contributed by atoms with Crippen LogP contribution in [0.3, 0.4) is 0 Å². The summed E-state index contributed by atoms with van der Waals surface area (Å²) in [7, 11) is 0.916. The molecule has 2 aromatic rings. The third-order valence-corrected chi connectivity index (χ3v) is 5.21. The van der Waals surface area contributed by atoms with Crippen LogP contribution in [0.2, 0.25) is 0 Å². The molecule has 0 saturated carbocycles. The maximum absolute atomic E-state index is 2.37. The van der Waals surface area contributed by atoms with Gasteiger partial charge in [-0.3, -0.25) is 0 Å². The Bertz CT molecular complexity index is 434. The van der Waals surface area contributed by atoms with Crippen molar-refractivity contribution >= 4 is 8.58 Å². The van der Waals surface area contributed by atoms with E-state index in [0.29, 0.717) is 11.1 Å². The summed E-state index contributed by atoms with van der Waals surface area (Å²) in [5.74, 6) is 0.475. The fraction of sp³-hybridized carbons (Fsp3) is 0.294. The lowest BCUT2D eigenvalue weighted by Gasteiger charge is -2.34. The summed E-state index contributed by atoms with van der Waals surface area (Å²) in [6.45, 7) is 7.05. The van der Waals surface area contributed by atoms with Crippen LogP contribution in [0.5, 0.6) is 0 Å². The molecule has 0 N–H and O–H groups in total. The summed E-state index contributed by atoms with van der Waals surface area (Å²) in [6, 6.07) is 21.7. The van der Waals surface area contributed by atoms with Gasteiger partial charge in [0.1, 0.15) is 0 Å². The molecule has 0 spiro atoms. The quantitative estimate of drug-likeness (QED) is 0.682. The summed E-state index contributed by atoms with van der Waals surface area (Å²) < 4.78 is 0. The van der Waals surface area contributed by atoms with E-state index in [-0.39, 0.29) is 0 Å². The van der Waals surface area contributed by atoms with E-state index in [1.54, 1.807) is 0 Å². The minimum Gasteiger partial charge on any atom is -0.118 e. The molecule has 18 heavy (non-hydrogen) atoms. The van der Waals surface area contributed by atoms with Gasteiger partial charge in [0.15, 0.2) is 0 Å². The number of rotatable bonds is 4. The van der Waals surface area contributed by atoms with Gasteiger partial charge in [-0.25, -0.2) is 0 Å². The molecule has 94 valence electrons. The van der Waals surface area contributed by atoms with E-state index >= 15 is 0 Å². The highest BCUT2D eigenvalue weighted by Crippen LogP contribution is 2.45. The standard InChI is InChI=1S/C17H21P/c1-17(2,18-3)16(14-10-6-4-7-11-14)15-12-8-5-9-13-15/h4-13,16,18H,1-3H3. The van der Waals surface area contributed by atoms with E-state index < -0.39 is 0 Å². The Morgan fingerprint density at radius 1 is 0.778 bits per heavy atom. The van der Waals surface area contributed by atoms with E-state index in [9.17, 15) is 0 Å². The molecule has 0 bridgehead atoms. The van der Waals surface area contributed by atoms with Gasteiger partial charge >= 0.3 is 0 Å². The van der Waals surface area contributed by atoms with Crippen LogP contribution in [0.15, 0.2) is 60.7 Å². The molecule has 2 aromatic carbocycles. The minimum absolute atomic E-state index is 0.294. The lowest BCUT2D eigenvalue weighted by atomic mass is 9.82. The van der Waals surface area contributed by atoms with Crippen LogP contribution in [0.25, 0.3) is 0 Å². The molecule has 0 fully saturated rings. The van der Waals surface area contributed by atoms with E-state index in [1.807, 2.05) is 0 Å². The van der Waals surface area contributed by atoms with Crippen molar-refractivity contribution in [3.8, 4) is 0 Å². The third-order valence-electron chi connectivity index (χ3n) is 3.63. The van der Waals surface area contributed by atoms with Gasteiger partial charge in [0.25, 0.3) is 0 Å². The zero-order valence-corrected chi connectivity index (χ0v) is 12.4. The van der Waals surface area contributed by atoms with Crippen molar-refractivity contribution < 1.29 is 0 Å². The van der Waals surface area contributed by atoms with Gasteiger partial charge < -0.3 is 0 Å². The average molecular weight is 256 g/mol. The second-order valence-electron chi connectivity index (χ2n) is 5.23. The van der Waals surface area contributed by atoms with Crippen LogP contribution < -0.4 is 0 Å². The SMILES string of the molecule is CPC(C)(C)C(c1ccccc1)c1ccccc1. The maximum atomic E-state index is 2.37. The summed E-state index contributed by atoms with van der Waals surface area (Å²) >= 11 is 0. The third kappa shape index (κ3) is 2.82. The molecule has 0 aliphatic heterocycles. The van der Waals surface area contributed by atoms with Crippen LogP contribution in [0.1, 0.15) is 30.9 Å². The summed E-state index contributed by atoms with van der Waals surface area (Å²) in [6.07, 6.45) is 0. The van der Waals surface area contributed by atoms with Gasteiger partial charge in [0.2, 0.25) is 0 Å². The first-order valence-electron chi connectivity index (χ1n) is 6.44. The van der Waals surface area contributed by atoms with Crippen molar-refractivity contribution in [2.24, 2.45) is 0 Å². The fourth-order valence-electron chi connectivity index (χ4n) is 2.46. The van der Waals surface area contributed by atoms with Crippen molar-refractivity contribution in [1.29, 1.82) is 0 Å². The summed E-state index contributed by atoms with van der Waals surface area (Å²) in [5.41, 5.74) is 2.84. The number of benzene rings is 2. The Labute approximate surface area is 112 Å². The van der Waals surface area contributed by atoms with Gasteiger partial charge in [-0.15, -0.1) is 8.58 Å². The van der Waals surface area contributed by atoms with Gasteiger partial charge in [0, 0.05) is 5.92 Å². The van der Waals surface area contributed by atoms with E-state index in [2.05, 4.69) is 81.2 Å². The summed E-state index contributed by atoms with van der Waals surface area (Å²) in [4.78, 5) is 0. The molecular weight excluding hydrogens is 235 g/mol. The molecule has 1 heteroatoms. The Hall–Kier alpha value is -1.13. The van der Waals surface area contributed by atoms with Crippen molar-refractivity contribution in [1.82, 2.24) is 0 Å². The number of hydrogen-bond acceptors (Lipinski definition) is 0. The normalized spacial score (nSPS) is 12.4. The van der Waals surface area contributed by atoms with Crippen molar-refractivity contribution in [3.05, 3.63) is 71.8 Å². The molecule has 0 amide bonds.